The standard InChI is InChI=1S/C26H22N2O4S/c1-2-32-25(31)21-11-13-22(14-12-21)27-26-28-23(16-33-26)19-7-3-17(4-8-19)15-18-5-9-20(10-6-18)24(29)30/h3-14,16H,2,15H2,1H3,(H,27,28)(H,29,30). The number of aromatic nitrogens is 1. The van der Waals surface area contributed by atoms with Crippen LogP contribution in [0.1, 0.15) is 38.8 Å². The maximum atomic E-state index is 11.8. The zero-order chi connectivity index (χ0) is 23.2. The lowest BCUT2D eigenvalue weighted by Crippen LogP contribution is -2.04. The predicted molar refractivity (Wildman–Crippen MR) is 129 cm³/mol. The number of nitrogens with zero attached hydrogens (tertiary/aromatic N) is 1. The van der Waals surface area contributed by atoms with Crippen LogP contribution < -0.4 is 5.32 Å². The number of hydrogen-bond acceptors (Lipinski definition) is 6. The number of thiazole rings is 1. The van der Waals surface area contributed by atoms with Gasteiger partial charge < -0.3 is 15.2 Å². The number of benzene rings is 3. The number of esters is 1. The van der Waals surface area contributed by atoms with Crippen LogP contribution in [0.15, 0.2) is 78.2 Å². The molecule has 0 atom stereocenters. The van der Waals surface area contributed by atoms with Crippen LogP contribution in [-0.4, -0.2) is 28.6 Å². The summed E-state index contributed by atoms with van der Waals surface area (Å²) in [6.07, 6.45) is 0.728. The van der Waals surface area contributed by atoms with Gasteiger partial charge in [0.2, 0.25) is 0 Å². The molecule has 7 heteroatoms. The van der Waals surface area contributed by atoms with Gasteiger partial charge in [-0.25, -0.2) is 14.6 Å². The van der Waals surface area contributed by atoms with Crippen LogP contribution >= 0.6 is 11.3 Å². The first-order chi connectivity index (χ1) is 16.0. The monoisotopic (exact) mass is 458 g/mol. The van der Waals surface area contributed by atoms with E-state index in [0.717, 1.165) is 39.6 Å². The third kappa shape index (κ3) is 5.64. The van der Waals surface area contributed by atoms with E-state index in [0.29, 0.717) is 12.2 Å². The second kappa shape index (κ2) is 10.1. The minimum Gasteiger partial charge on any atom is -0.478 e. The van der Waals surface area contributed by atoms with Crippen LogP contribution in [0.4, 0.5) is 10.8 Å². The number of carboxylic acids is 1. The van der Waals surface area contributed by atoms with E-state index in [-0.39, 0.29) is 11.5 Å². The molecule has 0 saturated heterocycles. The van der Waals surface area contributed by atoms with Crippen molar-refractivity contribution in [3.63, 3.8) is 0 Å². The second-order valence-electron chi connectivity index (χ2n) is 7.34. The van der Waals surface area contributed by atoms with Gasteiger partial charge in [-0.15, -0.1) is 11.3 Å². The van der Waals surface area contributed by atoms with Gasteiger partial charge in [0, 0.05) is 16.6 Å². The Bertz CT molecular complexity index is 1250. The van der Waals surface area contributed by atoms with E-state index in [4.69, 9.17) is 9.84 Å². The third-order valence-corrected chi connectivity index (χ3v) is 5.77. The SMILES string of the molecule is CCOC(=O)c1ccc(Nc2nc(-c3ccc(Cc4ccc(C(=O)O)cc4)cc3)cs2)cc1. The highest BCUT2D eigenvalue weighted by Gasteiger charge is 2.08. The Morgan fingerprint density at radius 2 is 1.52 bits per heavy atom. The van der Waals surface area contributed by atoms with E-state index in [2.05, 4.69) is 22.4 Å². The molecule has 0 aliphatic rings. The number of aromatic carboxylic acids is 1. The van der Waals surface area contributed by atoms with Crippen LogP contribution in [-0.2, 0) is 11.2 Å². The molecule has 0 bridgehead atoms. The summed E-state index contributed by atoms with van der Waals surface area (Å²) >= 11 is 1.51. The molecular weight excluding hydrogens is 436 g/mol. The number of carbonyl (C=O) groups excluding carboxylic acids is 1. The van der Waals surface area contributed by atoms with Gasteiger partial charge in [0.25, 0.3) is 0 Å². The molecule has 6 nitrogen and oxygen atoms in total. The van der Waals surface area contributed by atoms with Gasteiger partial charge in [-0.1, -0.05) is 36.4 Å². The van der Waals surface area contributed by atoms with Gasteiger partial charge in [-0.05, 0) is 60.9 Å². The van der Waals surface area contributed by atoms with Crippen molar-refractivity contribution < 1.29 is 19.4 Å². The summed E-state index contributed by atoms with van der Waals surface area (Å²) in [6, 6.07) is 22.2. The first-order valence-corrected chi connectivity index (χ1v) is 11.3. The van der Waals surface area contributed by atoms with Crippen LogP contribution in [0.5, 0.6) is 0 Å². The highest BCUT2D eigenvalue weighted by atomic mass is 32.1. The average Bonchev–Trinajstić information content (AvgIpc) is 3.29. The minimum atomic E-state index is -0.920. The van der Waals surface area contributed by atoms with Gasteiger partial charge in [0.1, 0.15) is 0 Å². The highest BCUT2D eigenvalue weighted by Crippen LogP contribution is 2.28. The summed E-state index contributed by atoms with van der Waals surface area (Å²) in [5.41, 5.74) is 5.73. The smallest absolute Gasteiger partial charge is 0.338 e. The van der Waals surface area contributed by atoms with Crippen molar-refractivity contribution in [1.29, 1.82) is 0 Å². The van der Waals surface area contributed by atoms with Crippen molar-refractivity contribution in [1.82, 2.24) is 4.98 Å². The molecule has 0 saturated carbocycles. The van der Waals surface area contributed by atoms with Crippen LogP contribution in [0.25, 0.3) is 11.3 Å². The first kappa shape index (κ1) is 22.2. The summed E-state index contributed by atoms with van der Waals surface area (Å²) < 4.78 is 5.00. The number of nitrogens with one attached hydrogen (secondary N) is 1. The Balaban J connectivity index is 1.39. The molecule has 0 unspecified atom stereocenters. The topological polar surface area (TPSA) is 88.5 Å². The molecular formula is C26H22N2O4S. The van der Waals surface area contributed by atoms with Crippen LogP contribution in [0, 0.1) is 0 Å². The third-order valence-electron chi connectivity index (χ3n) is 5.01. The van der Waals surface area contributed by atoms with Crippen molar-refractivity contribution in [3.05, 3.63) is 100 Å². The molecule has 0 radical (unpaired) electrons. The molecule has 4 aromatic rings. The maximum absolute atomic E-state index is 11.8. The molecule has 0 aliphatic heterocycles. The van der Waals surface area contributed by atoms with E-state index >= 15 is 0 Å². The fourth-order valence-electron chi connectivity index (χ4n) is 3.29. The molecule has 33 heavy (non-hydrogen) atoms. The minimum absolute atomic E-state index is 0.289. The Kier molecular flexibility index (Phi) is 6.80. The van der Waals surface area contributed by atoms with Crippen LogP contribution in [0.3, 0.4) is 0 Å². The number of carbonyl (C=O) groups is 2. The zero-order valence-electron chi connectivity index (χ0n) is 17.9. The molecule has 1 heterocycles. The number of anilines is 2. The number of rotatable bonds is 8. The molecule has 4 rings (SSSR count). The van der Waals surface area contributed by atoms with Crippen molar-refractivity contribution in [2.75, 3.05) is 11.9 Å². The molecule has 0 spiro atoms. The molecule has 2 N–H and O–H groups in total. The highest BCUT2D eigenvalue weighted by molar-refractivity contribution is 7.14. The first-order valence-electron chi connectivity index (χ1n) is 10.4. The van der Waals surface area contributed by atoms with Gasteiger partial charge in [0.05, 0.1) is 23.4 Å². The number of ether oxygens (including phenoxy) is 1. The normalized spacial score (nSPS) is 10.6. The number of hydrogen-bond donors (Lipinski definition) is 2. The zero-order valence-corrected chi connectivity index (χ0v) is 18.8. The summed E-state index contributed by atoms with van der Waals surface area (Å²) in [5, 5.41) is 15.0. The molecule has 0 fully saturated rings. The Labute approximate surface area is 195 Å². The molecule has 0 amide bonds. The largest absolute Gasteiger partial charge is 0.478 e. The lowest BCUT2D eigenvalue weighted by molar-refractivity contribution is 0.0526. The summed E-state index contributed by atoms with van der Waals surface area (Å²) in [7, 11) is 0. The van der Waals surface area contributed by atoms with Crippen molar-refractivity contribution in [2.24, 2.45) is 0 Å². The molecule has 1 aromatic heterocycles. The average molecular weight is 459 g/mol. The van der Waals surface area contributed by atoms with Gasteiger partial charge in [-0.2, -0.15) is 0 Å². The summed E-state index contributed by atoms with van der Waals surface area (Å²) in [5.74, 6) is -1.25. The number of carboxylic acid groups (broad SMARTS) is 1. The molecule has 166 valence electrons. The molecule has 0 aliphatic carbocycles. The lowest BCUT2D eigenvalue weighted by Gasteiger charge is -2.05. The fraction of sp³-hybridized carbons (Fsp3) is 0.115. The summed E-state index contributed by atoms with van der Waals surface area (Å²) in [6.45, 7) is 2.13. The van der Waals surface area contributed by atoms with E-state index in [1.54, 1.807) is 31.2 Å². The predicted octanol–water partition coefficient (Wildman–Crippen LogP) is 6.02. The van der Waals surface area contributed by atoms with Gasteiger partial charge in [0.15, 0.2) is 5.13 Å². The van der Waals surface area contributed by atoms with Crippen molar-refractivity contribution >= 4 is 34.1 Å². The Hall–Kier alpha value is -3.97. The fourth-order valence-corrected chi connectivity index (χ4v) is 4.03. The van der Waals surface area contributed by atoms with Crippen LogP contribution in [0.2, 0.25) is 0 Å². The van der Waals surface area contributed by atoms with E-state index in [1.165, 1.54) is 11.3 Å². The lowest BCUT2D eigenvalue weighted by atomic mass is 10.0. The quantitative estimate of drug-likeness (QED) is 0.314. The van der Waals surface area contributed by atoms with Gasteiger partial charge in [-0.3, -0.25) is 0 Å². The maximum Gasteiger partial charge on any atom is 0.338 e. The summed E-state index contributed by atoms with van der Waals surface area (Å²) in [4.78, 5) is 27.4. The van der Waals surface area contributed by atoms with E-state index in [9.17, 15) is 9.59 Å². The Morgan fingerprint density at radius 3 is 2.12 bits per heavy atom. The van der Waals surface area contributed by atoms with Crippen molar-refractivity contribution in [3.8, 4) is 11.3 Å². The van der Waals surface area contributed by atoms with Gasteiger partial charge >= 0.3 is 11.9 Å². The molecule has 3 aromatic carbocycles. The second-order valence-corrected chi connectivity index (χ2v) is 8.19. The Morgan fingerprint density at radius 1 is 0.909 bits per heavy atom. The van der Waals surface area contributed by atoms with Crippen molar-refractivity contribution in [2.45, 2.75) is 13.3 Å². The van der Waals surface area contributed by atoms with E-state index in [1.807, 2.05) is 41.8 Å². The van der Waals surface area contributed by atoms with E-state index < -0.39 is 5.97 Å².